The van der Waals surface area contributed by atoms with Gasteiger partial charge >= 0.3 is 0 Å². The van der Waals surface area contributed by atoms with Gasteiger partial charge in [0, 0.05) is 18.1 Å². The second kappa shape index (κ2) is 6.12. The molecule has 3 amide bonds. The third-order valence-electron chi connectivity index (χ3n) is 3.29. The van der Waals surface area contributed by atoms with Crippen LogP contribution in [0.15, 0.2) is 24.3 Å². The molecular weight excluding hydrogens is 278 g/mol. The van der Waals surface area contributed by atoms with Crippen molar-refractivity contribution < 1.29 is 19.3 Å². The van der Waals surface area contributed by atoms with Crippen LogP contribution in [0.25, 0.3) is 0 Å². The van der Waals surface area contributed by atoms with Gasteiger partial charge in [0.2, 0.25) is 18.2 Å². The lowest BCUT2D eigenvalue weighted by Gasteiger charge is -2.29. The van der Waals surface area contributed by atoms with Crippen LogP contribution in [-0.4, -0.2) is 34.1 Å². The number of hydrogen-bond acceptors (Lipinski definition) is 5. The first kappa shape index (κ1) is 14.6. The molecule has 0 bridgehead atoms. The number of nitro benzene ring substituents is 1. The number of rotatable bonds is 5. The lowest BCUT2D eigenvalue weighted by Crippen LogP contribution is -2.51. The molecule has 1 N–H and O–H groups in total. The summed E-state index contributed by atoms with van der Waals surface area (Å²) in [6.07, 6.45) is 0.818. The summed E-state index contributed by atoms with van der Waals surface area (Å²) in [5.41, 5.74) is 0.218. The highest BCUT2D eigenvalue weighted by molar-refractivity contribution is 6.00. The number of nitrogens with one attached hydrogen (secondary N) is 1. The van der Waals surface area contributed by atoms with Crippen molar-refractivity contribution in [2.75, 3.05) is 0 Å². The van der Waals surface area contributed by atoms with Crippen LogP contribution in [-0.2, 0) is 20.9 Å². The number of nitrogens with zero attached hydrogens (tertiary/aromatic N) is 2. The molecule has 8 heteroatoms. The molecule has 8 nitrogen and oxygen atoms in total. The molecule has 1 fully saturated rings. The smallest absolute Gasteiger partial charge is 0.274 e. The van der Waals surface area contributed by atoms with Gasteiger partial charge in [-0.15, -0.1) is 0 Å². The number of carbonyl (C=O) groups excluding carboxylic acids is 3. The van der Waals surface area contributed by atoms with Crippen LogP contribution >= 0.6 is 0 Å². The molecule has 110 valence electrons. The number of hydrogen-bond donors (Lipinski definition) is 1. The Labute approximate surface area is 119 Å². The number of para-hydroxylation sites is 1. The highest BCUT2D eigenvalue weighted by atomic mass is 16.6. The van der Waals surface area contributed by atoms with Gasteiger partial charge in [0.25, 0.3) is 5.69 Å². The Hall–Kier alpha value is -2.77. The summed E-state index contributed by atoms with van der Waals surface area (Å²) in [4.78, 5) is 45.6. The van der Waals surface area contributed by atoms with Gasteiger partial charge in [0.15, 0.2) is 0 Å². The van der Waals surface area contributed by atoms with E-state index in [4.69, 9.17) is 0 Å². The van der Waals surface area contributed by atoms with Crippen molar-refractivity contribution in [2.24, 2.45) is 0 Å². The maximum absolute atomic E-state index is 11.7. The van der Waals surface area contributed by atoms with E-state index in [0.717, 1.165) is 0 Å². The minimum absolute atomic E-state index is 0.0626. The van der Waals surface area contributed by atoms with Crippen molar-refractivity contribution >= 4 is 23.9 Å². The summed E-state index contributed by atoms with van der Waals surface area (Å²) in [6, 6.07) is 5.22. The zero-order valence-corrected chi connectivity index (χ0v) is 11.0. The fourth-order valence-electron chi connectivity index (χ4n) is 2.24. The van der Waals surface area contributed by atoms with E-state index in [-0.39, 0.29) is 31.0 Å². The van der Waals surface area contributed by atoms with E-state index in [2.05, 4.69) is 5.32 Å². The molecule has 1 heterocycles. The van der Waals surface area contributed by atoms with Crippen molar-refractivity contribution in [3.8, 4) is 0 Å². The maximum atomic E-state index is 11.7. The Kier molecular flexibility index (Phi) is 4.27. The largest absolute Gasteiger partial charge is 0.329 e. The summed E-state index contributed by atoms with van der Waals surface area (Å²) in [6.45, 7) is -0.0626. The van der Waals surface area contributed by atoms with E-state index >= 15 is 0 Å². The predicted molar refractivity (Wildman–Crippen MR) is 70.9 cm³/mol. The minimum Gasteiger partial charge on any atom is -0.329 e. The van der Waals surface area contributed by atoms with Gasteiger partial charge in [0.1, 0.15) is 6.04 Å². The van der Waals surface area contributed by atoms with Crippen LogP contribution in [0.1, 0.15) is 18.4 Å². The molecule has 1 aromatic rings. The molecule has 0 spiro atoms. The second-order valence-corrected chi connectivity index (χ2v) is 4.63. The average molecular weight is 291 g/mol. The lowest BCUT2D eigenvalue weighted by molar-refractivity contribution is -0.385. The van der Waals surface area contributed by atoms with Gasteiger partial charge in [-0.1, -0.05) is 18.2 Å². The molecule has 2 rings (SSSR count). The standard InChI is InChI=1S/C13H13N3O5/c17-8-15(11-5-6-12(18)14-13(11)19)7-9-3-1-2-4-10(9)16(20)21/h1-4,8,11H,5-7H2,(H,14,18,19). The van der Waals surface area contributed by atoms with E-state index in [1.165, 1.54) is 23.1 Å². The minimum atomic E-state index is -0.792. The van der Waals surface area contributed by atoms with Crippen LogP contribution in [0.3, 0.4) is 0 Å². The van der Waals surface area contributed by atoms with E-state index in [1.54, 1.807) is 6.07 Å². The first-order valence-corrected chi connectivity index (χ1v) is 6.30. The van der Waals surface area contributed by atoms with E-state index < -0.39 is 16.9 Å². The predicted octanol–water partition coefficient (Wildman–Crippen LogP) is 0.358. The normalized spacial score (nSPS) is 18.0. The van der Waals surface area contributed by atoms with E-state index in [0.29, 0.717) is 12.0 Å². The number of benzene rings is 1. The van der Waals surface area contributed by atoms with Crippen molar-refractivity contribution in [3.05, 3.63) is 39.9 Å². The summed E-state index contributed by atoms with van der Waals surface area (Å²) >= 11 is 0. The van der Waals surface area contributed by atoms with E-state index in [1.807, 2.05) is 0 Å². The Balaban J connectivity index is 2.20. The van der Waals surface area contributed by atoms with Crippen molar-refractivity contribution in [3.63, 3.8) is 0 Å². The molecule has 1 aromatic carbocycles. The number of carbonyl (C=O) groups is 3. The van der Waals surface area contributed by atoms with Gasteiger partial charge in [0.05, 0.1) is 11.5 Å². The summed E-state index contributed by atoms with van der Waals surface area (Å²) in [5.74, 6) is -0.940. The topological polar surface area (TPSA) is 110 Å². The Bertz CT molecular complexity index is 601. The first-order chi connectivity index (χ1) is 10.0. The fourth-order valence-corrected chi connectivity index (χ4v) is 2.24. The summed E-state index contributed by atoms with van der Waals surface area (Å²) < 4.78 is 0. The van der Waals surface area contributed by atoms with Crippen molar-refractivity contribution in [1.29, 1.82) is 0 Å². The Morgan fingerprint density at radius 3 is 2.71 bits per heavy atom. The molecule has 1 atom stereocenters. The Morgan fingerprint density at radius 1 is 1.38 bits per heavy atom. The highest BCUT2D eigenvalue weighted by Gasteiger charge is 2.31. The molecule has 0 radical (unpaired) electrons. The Morgan fingerprint density at radius 2 is 2.10 bits per heavy atom. The molecule has 1 aliphatic heterocycles. The van der Waals surface area contributed by atoms with Gasteiger partial charge < -0.3 is 4.90 Å². The van der Waals surface area contributed by atoms with E-state index in [9.17, 15) is 24.5 Å². The molecule has 21 heavy (non-hydrogen) atoms. The van der Waals surface area contributed by atoms with Crippen LogP contribution < -0.4 is 5.32 Å². The lowest BCUT2D eigenvalue weighted by atomic mass is 10.0. The third-order valence-corrected chi connectivity index (χ3v) is 3.29. The van der Waals surface area contributed by atoms with Gasteiger partial charge in [-0.05, 0) is 6.42 Å². The number of nitro groups is 1. The molecule has 0 aromatic heterocycles. The highest BCUT2D eigenvalue weighted by Crippen LogP contribution is 2.21. The fraction of sp³-hybridized carbons (Fsp3) is 0.308. The number of piperidine rings is 1. The molecule has 1 unspecified atom stereocenters. The van der Waals surface area contributed by atoms with Crippen LogP contribution in [0.4, 0.5) is 5.69 Å². The zero-order chi connectivity index (χ0) is 15.4. The SMILES string of the molecule is O=CN(Cc1ccccc1[N+](=O)[O-])C1CCC(=O)NC1=O. The maximum Gasteiger partial charge on any atom is 0.274 e. The molecule has 0 saturated carbocycles. The third kappa shape index (κ3) is 3.22. The van der Waals surface area contributed by atoms with Crippen LogP contribution in [0.2, 0.25) is 0 Å². The van der Waals surface area contributed by atoms with Crippen LogP contribution in [0, 0.1) is 10.1 Å². The van der Waals surface area contributed by atoms with Gasteiger partial charge in [-0.2, -0.15) is 0 Å². The van der Waals surface area contributed by atoms with Gasteiger partial charge in [-0.3, -0.25) is 29.8 Å². The molecule has 1 aliphatic rings. The zero-order valence-electron chi connectivity index (χ0n) is 11.0. The van der Waals surface area contributed by atoms with Gasteiger partial charge in [-0.25, -0.2) is 0 Å². The quantitative estimate of drug-likeness (QED) is 0.364. The average Bonchev–Trinajstić information content (AvgIpc) is 2.45. The molecular formula is C13H13N3O5. The summed E-state index contributed by atoms with van der Waals surface area (Å²) in [7, 11) is 0. The van der Waals surface area contributed by atoms with Crippen molar-refractivity contribution in [1.82, 2.24) is 10.2 Å². The van der Waals surface area contributed by atoms with Crippen LogP contribution in [0.5, 0.6) is 0 Å². The summed E-state index contributed by atoms with van der Waals surface area (Å²) in [5, 5.41) is 13.1. The van der Waals surface area contributed by atoms with Crippen molar-refractivity contribution in [2.45, 2.75) is 25.4 Å². The number of imide groups is 1. The molecule has 0 aliphatic carbocycles. The first-order valence-electron chi connectivity index (χ1n) is 6.30. The number of amides is 3. The second-order valence-electron chi connectivity index (χ2n) is 4.63. The molecule has 1 saturated heterocycles. The monoisotopic (exact) mass is 291 g/mol.